The lowest BCUT2D eigenvalue weighted by Gasteiger charge is -1.91. The third-order valence-corrected chi connectivity index (χ3v) is 2.93. The van der Waals surface area contributed by atoms with Gasteiger partial charge in [-0.05, 0) is 34.1 Å². The Balaban J connectivity index is 2.79. The van der Waals surface area contributed by atoms with Crippen LogP contribution in [0.15, 0.2) is 27.0 Å². The van der Waals surface area contributed by atoms with Gasteiger partial charge >= 0.3 is 0 Å². The second-order valence-electron chi connectivity index (χ2n) is 2.76. The fourth-order valence-corrected chi connectivity index (χ4v) is 2.13. The zero-order chi connectivity index (χ0) is 10.1. The largest absolute Gasteiger partial charge is 0.399 e. The maximum atomic E-state index is 10.3. The monoisotopic (exact) mass is 271 g/mol. The third kappa shape index (κ3) is 1.46. The zero-order valence-corrected chi connectivity index (χ0v) is 9.35. The predicted octanol–water partition coefficient (Wildman–Crippen LogP) is 2.54. The van der Waals surface area contributed by atoms with Crippen molar-refractivity contribution < 1.29 is 4.21 Å². The topological polar surface area (TPSA) is 71.2 Å². The number of rotatable bonds is 1. The molecule has 1 aromatic carbocycles. The van der Waals surface area contributed by atoms with E-state index in [0.29, 0.717) is 11.5 Å². The average Bonchev–Trinajstić information content (AvgIpc) is 2.44. The number of H-pyrrole nitrogens is 1. The molecule has 0 saturated heterocycles. The van der Waals surface area contributed by atoms with Crippen molar-refractivity contribution in [2.45, 2.75) is 0 Å². The van der Waals surface area contributed by atoms with E-state index in [-0.39, 0.29) is 11.5 Å². The maximum Gasteiger partial charge on any atom is 0.206 e. The quantitative estimate of drug-likeness (QED) is 0.783. The standard InChI is InChI=1S/C8H6BrN3OS/c9-7-5-2-1-4(10)3-6(5)11-8(7)12-14-13/h1-3,11H,10H2. The molecule has 14 heavy (non-hydrogen) atoms. The number of nitrogens with two attached hydrogens (primary N) is 1. The summed E-state index contributed by atoms with van der Waals surface area (Å²) in [7, 11) is 0. The lowest BCUT2D eigenvalue weighted by atomic mass is 10.2. The van der Waals surface area contributed by atoms with Gasteiger partial charge in [0.1, 0.15) is 0 Å². The van der Waals surface area contributed by atoms with Crippen LogP contribution >= 0.6 is 15.9 Å². The van der Waals surface area contributed by atoms with Crippen LogP contribution in [0.3, 0.4) is 0 Å². The molecule has 0 aliphatic carbocycles. The molecule has 0 aliphatic rings. The number of aromatic amines is 1. The number of halogens is 1. The first-order chi connectivity index (χ1) is 6.72. The van der Waals surface area contributed by atoms with Crippen molar-refractivity contribution in [3.05, 3.63) is 22.7 Å². The molecule has 72 valence electrons. The minimum Gasteiger partial charge on any atom is -0.399 e. The number of nitrogens with one attached hydrogen (secondary N) is 1. The van der Waals surface area contributed by atoms with E-state index in [1.807, 2.05) is 6.07 Å². The molecule has 0 atom stereocenters. The van der Waals surface area contributed by atoms with Crippen LogP contribution in [0.25, 0.3) is 10.9 Å². The summed E-state index contributed by atoms with van der Waals surface area (Å²) in [6.45, 7) is 0. The highest BCUT2D eigenvalue weighted by molar-refractivity contribution is 9.10. The molecule has 0 saturated carbocycles. The van der Waals surface area contributed by atoms with E-state index in [9.17, 15) is 4.21 Å². The van der Waals surface area contributed by atoms with E-state index in [1.54, 1.807) is 12.1 Å². The SMILES string of the molecule is Nc1ccc2c(Br)c(N=S=O)[nH]c2c1. The maximum absolute atomic E-state index is 10.3. The smallest absolute Gasteiger partial charge is 0.206 e. The molecule has 1 aromatic heterocycles. The van der Waals surface area contributed by atoms with E-state index in [1.165, 1.54) is 0 Å². The average molecular weight is 272 g/mol. The van der Waals surface area contributed by atoms with E-state index in [0.717, 1.165) is 15.4 Å². The van der Waals surface area contributed by atoms with Gasteiger partial charge in [0, 0.05) is 11.1 Å². The van der Waals surface area contributed by atoms with Crippen LogP contribution < -0.4 is 5.73 Å². The molecule has 0 spiro atoms. The Labute approximate surface area is 91.9 Å². The molecular formula is C8H6BrN3OS. The number of nitrogens with zero attached hydrogens (tertiary/aromatic N) is 1. The van der Waals surface area contributed by atoms with Crippen LogP contribution in [-0.2, 0) is 11.5 Å². The summed E-state index contributed by atoms with van der Waals surface area (Å²) in [5.74, 6) is 0.533. The van der Waals surface area contributed by atoms with E-state index < -0.39 is 0 Å². The fraction of sp³-hybridized carbons (Fsp3) is 0. The van der Waals surface area contributed by atoms with Crippen molar-refractivity contribution in [1.29, 1.82) is 0 Å². The summed E-state index contributed by atoms with van der Waals surface area (Å²) in [6.07, 6.45) is 0. The lowest BCUT2D eigenvalue weighted by molar-refractivity contribution is 0.698. The second kappa shape index (κ2) is 3.55. The highest BCUT2D eigenvalue weighted by atomic mass is 79.9. The van der Waals surface area contributed by atoms with Crippen molar-refractivity contribution in [2.24, 2.45) is 4.36 Å². The van der Waals surface area contributed by atoms with Gasteiger partial charge in [0.05, 0.1) is 9.99 Å². The van der Waals surface area contributed by atoms with Crippen molar-refractivity contribution in [3.8, 4) is 0 Å². The molecule has 0 amide bonds. The van der Waals surface area contributed by atoms with Crippen LogP contribution in [0.4, 0.5) is 11.5 Å². The summed E-state index contributed by atoms with van der Waals surface area (Å²) in [6, 6.07) is 5.48. The van der Waals surface area contributed by atoms with E-state index in [2.05, 4.69) is 25.3 Å². The molecule has 4 nitrogen and oxygen atoms in total. The molecule has 0 aliphatic heterocycles. The van der Waals surface area contributed by atoms with E-state index in [4.69, 9.17) is 5.73 Å². The summed E-state index contributed by atoms with van der Waals surface area (Å²) in [4.78, 5) is 2.99. The summed E-state index contributed by atoms with van der Waals surface area (Å²) < 4.78 is 14.8. The normalized spacial score (nSPS) is 10.4. The number of benzene rings is 1. The molecule has 1 heterocycles. The first kappa shape index (κ1) is 9.42. The van der Waals surface area contributed by atoms with Gasteiger partial charge in [-0.2, -0.15) is 4.21 Å². The first-order valence-electron chi connectivity index (χ1n) is 3.79. The first-order valence-corrected chi connectivity index (χ1v) is 5.28. The van der Waals surface area contributed by atoms with Crippen molar-refractivity contribution in [3.63, 3.8) is 0 Å². The number of hydrogen-bond donors (Lipinski definition) is 2. The second-order valence-corrected chi connectivity index (χ2v) is 3.88. The predicted molar refractivity (Wildman–Crippen MR) is 60.6 cm³/mol. The van der Waals surface area contributed by atoms with Gasteiger partial charge in [0.25, 0.3) is 0 Å². The Morgan fingerprint density at radius 1 is 1.50 bits per heavy atom. The van der Waals surface area contributed by atoms with Gasteiger partial charge in [-0.25, -0.2) is 0 Å². The van der Waals surface area contributed by atoms with Crippen LogP contribution in [0, 0.1) is 0 Å². The summed E-state index contributed by atoms with van der Waals surface area (Å²) in [5, 5.41) is 0.965. The van der Waals surface area contributed by atoms with Crippen molar-refractivity contribution in [2.75, 3.05) is 5.73 Å². The Hall–Kier alpha value is -1.14. The minimum absolute atomic E-state index is 0.171. The molecule has 0 radical (unpaired) electrons. The summed E-state index contributed by atoms with van der Waals surface area (Å²) >= 11 is 3.53. The number of anilines is 1. The number of fused-ring (bicyclic) bond motifs is 1. The Bertz CT molecular complexity index is 545. The van der Waals surface area contributed by atoms with Gasteiger partial charge < -0.3 is 10.7 Å². The van der Waals surface area contributed by atoms with Crippen LogP contribution in [0.1, 0.15) is 0 Å². The zero-order valence-electron chi connectivity index (χ0n) is 6.95. The number of hydrogen-bond acceptors (Lipinski definition) is 3. The van der Waals surface area contributed by atoms with Crippen molar-refractivity contribution in [1.82, 2.24) is 4.98 Å². The molecule has 2 rings (SSSR count). The lowest BCUT2D eigenvalue weighted by Crippen LogP contribution is -1.82. The molecular weight excluding hydrogens is 266 g/mol. The van der Waals surface area contributed by atoms with Gasteiger partial charge in [-0.15, -0.1) is 4.36 Å². The van der Waals surface area contributed by atoms with Gasteiger partial charge in [0.2, 0.25) is 11.5 Å². The van der Waals surface area contributed by atoms with Crippen LogP contribution in [-0.4, -0.2) is 9.19 Å². The third-order valence-electron chi connectivity index (χ3n) is 1.87. The highest BCUT2D eigenvalue weighted by Crippen LogP contribution is 2.33. The Kier molecular flexibility index (Phi) is 2.39. The van der Waals surface area contributed by atoms with Crippen molar-refractivity contribution >= 4 is 49.8 Å². The van der Waals surface area contributed by atoms with Gasteiger partial charge in [-0.1, -0.05) is 0 Å². The number of aromatic nitrogens is 1. The highest BCUT2D eigenvalue weighted by Gasteiger charge is 2.07. The Morgan fingerprint density at radius 3 is 3.00 bits per heavy atom. The summed E-state index contributed by atoms with van der Waals surface area (Å²) in [5.41, 5.74) is 7.16. The van der Waals surface area contributed by atoms with Gasteiger partial charge in [-0.3, -0.25) is 0 Å². The molecule has 2 aromatic rings. The van der Waals surface area contributed by atoms with Crippen LogP contribution in [0.2, 0.25) is 0 Å². The van der Waals surface area contributed by atoms with Gasteiger partial charge in [0.15, 0.2) is 5.82 Å². The molecule has 6 heteroatoms. The molecule has 0 unspecified atom stereocenters. The minimum atomic E-state index is 0.171. The fourth-order valence-electron chi connectivity index (χ4n) is 1.27. The number of nitrogen functional groups attached to an aromatic ring is 1. The van der Waals surface area contributed by atoms with E-state index >= 15 is 0 Å². The molecule has 0 bridgehead atoms. The van der Waals surface area contributed by atoms with Crippen LogP contribution in [0.5, 0.6) is 0 Å². The molecule has 3 N–H and O–H groups in total. The Morgan fingerprint density at radius 2 is 2.29 bits per heavy atom. The molecule has 0 fully saturated rings.